The van der Waals surface area contributed by atoms with Crippen molar-refractivity contribution in [1.82, 2.24) is 9.80 Å². The highest BCUT2D eigenvalue weighted by molar-refractivity contribution is 7.07. The molecule has 2 aliphatic heterocycles. The number of thiophene rings is 1. The van der Waals surface area contributed by atoms with Crippen LogP contribution in [0.15, 0.2) is 65.4 Å². The molecule has 3 aromatic rings. The Hall–Kier alpha value is -1.85. The maximum atomic E-state index is 12.8. The Kier molecular flexibility index (Phi) is 7.83. The average molecular weight is 528 g/mol. The number of fused-ring (bicyclic) bond motifs is 2. The van der Waals surface area contributed by atoms with Crippen molar-refractivity contribution in [2.45, 2.75) is 37.5 Å². The fraction of sp³-hybridized carbons (Fsp3) is 0.414. The van der Waals surface area contributed by atoms with Gasteiger partial charge in [0.25, 0.3) is 5.91 Å². The van der Waals surface area contributed by atoms with Gasteiger partial charge in [-0.3, -0.25) is 4.79 Å². The topological polar surface area (TPSA) is 23.6 Å². The average Bonchev–Trinajstić information content (AvgIpc) is 3.66. The molecule has 2 fully saturated rings. The van der Waals surface area contributed by atoms with Crippen LogP contribution in [0.25, 0.3) is 0 Å². The van der Waals surface area contributed by atoms with E-state index in [1.807, 2.05) is 27.8 Å². The van der Waals surface area contributed by atoms with Crippen molar-refractivity contribution in [2.24, 2.45) is 5.92 Å². The molecule has 0 saturated carbocycles. The van der Waals surface area contributed by atoms with E-state index in [9.17, 15) is 4.79 Å². The van der Waals surface area contributed by atoms with E-state index in [0.29, 0.717) is 26.9 Å². The maximum Gasteiger partial charge on any atom is 0.253 e. The number of carbonyl (C=O) groups excluding carboxylic acids is 1. The van der Waals surface area contributed by atoms with Gasteiger partial charge in [-0.1, -0.05) is 59.6 Å². The van der Waals surface area contributed by atoms with Crippen LogP contribution in [-0.2, 0) is 11.8 Å². The molecular formula is C29H32Cl2N2OS. The standard InChI is InChI=1S/C25H28Cl2N2O.C4H4S/c26-22-6-5-20(15-23(22)27)24(30)29-12-8-18(17-29)16-28-13-10-25(11-14-28)9-7-19-3-1-2-4-21(19)25;1-2-4-5-3-1/h1-6,15,18H,7-14,16-17H2;1-4H. The fourth-order valence-corrected chi connectivity index (χ4v) is 6.77. The van der Waals surface area contributed by atoms with E-state index in [4.69, 9.17) is 23.2 Å². The summed E-state index contributed by atoms with van der Waals surface area (Å²) in [5, 5.41) is 5.01. The van der Waals surface area contributed by atoms with Gasteiger partial charge in [0.2, 0.25) is 0 Å². The van der Waals surface area contributed by atoms with E-state index < -0.39 is 0 Å². The van der Waals surface area contributed by atoms with Gasteiger partial charge in [-0.05, 0) is 96.6 Å². The second kappa shape index (κ2) is 11.0. The molecule has 3 nitrogen and oxygen atoms in total. The Morgan fingerprint density at radius 1 is 0.943 bits per heavy atom. The smallest absolute Gasteiger partial charge is 0.253 e. The van der Waals surface area contributed by atoms with Gasteiger partial charge >= 0.3 is 0 Å². The summed E-state index contributed by atoms with van der Waals surface area (Å²) in [4.78, 5) is 17.4. The number of amides is 1. The molecule has 184 valence electrons. The predicted octanol–water partition coefficient (Wildman–Crippen LogP) is 7.18. The van der Waals surface area contributed by atoms with Crippen LogP contribution in [0.2, 0.25) is 10.0 Å². The van der Waals surface area contributed by atoms with Crippen molar-refractivity contribution in [1.29, 1.82) is 0 Å². The van der Waals surface area contributed by atoms with Crippen molar-refractivity contribution in [2.75, 3.05) is 32.7 Å². The predicted molar refractivity (Wildman–Crippen MR) is 147 cm³/mol. The van der Waals surface area contributed by atoms with Crippen LogP contribution >= 0.6 is 34.5 Å². The molecular weight excluding hydrogens is 495 g/mol. The number of aryl methyl sites for hydroxylation is 1. The number of piperidine rings is 1. The first-order valence-corrected chi connectivity index (χ1v) is 14.3. The van der Waals surface area contributed by atoms with Crippen LogP contribution in [0.1, 0.15) is 47.2 Å². The van der Waals surface area contributed by atoms with Gasteiger partial charge in [0.15, 0.2) is 0 Å². The zero-order valence-corrected chi connectivity index (χ0v) is 22.3. The lowest BCUT2D eigenvalue weighted by molar-refractivity contribution is 0.0779. The summed E-state index contributed by atoms with van der Waals surface area (Å²) in [6.07, 6.45) is 6.17. The summed E-state index contributed by atoms with van der Waals surface area (Å²) in [5.74, 6) is 0.623. The fourth-order valence-electron chi connectivity index (χ4n) is 6.02. The Morgan fingerprint density at radius 2 is 1.71 bits per heavy atom. The highest BCUT2D eigenvalue weighted by Gasteiger charge is 2.41. The van der Waals surface area contributed by atoms with Gasteiger partial charge in [-0.25, -0.2) is 0 Å². The lowest BCUT2D eigenvalue weighted by atomic mass is 9.74. The minimum Gasteiger partial charge on any atom is -0.338 e. The second-order valence-corrected chi connectivity index (χ2v) is 11.7. The number of hydrogen-bond donors (Lipinski definition) is 0. The van der Waals surface area contributed by atoms with Crippen LogP contribution in [0.5, 0.6) is 0 Å². The number of carbonyl (C=O) groups is 1. The van der Waals surface area contributed by atoms with Gasteiger partial charge in [-0.15, -0.1) is 0 Å². The third kappa shape index (κ3) is 5.61. The number of halogens is 2. The molecule has 3 aliphatic rings. The highest BCUT2D eigenvalue weighted by Crippen LogP contribution is 2.46. The molecule has 0 N–H and O–H groups in total. The summed E-state index contributed by atoms with van der Waals surface area (Å²) >= 11 is 13.8. The third-order valence-electron chi connectivity index (χ3n) is 7.96. The van der Waals surface area contributed by atoms with Crippen LogP contribution in [0.3, 0.4) is 0 Å². The quantitative estimate of drug-likeness (QED) is 0.360. The molecule has 1 atom stereocenters. The minimum absolute atomic E-state index is 0.0660. The molecule has 1 aromatic heterocycles. The van der Waals surface area contributed by atoms with E-state index in [-0.39, 0.29) is 5.91 Å². The molecule has 1 unspecified atom stereocenters. The Bertz CT molecular complexity index is 1120. The normalized spacial score (nSPS) is 21.0. The van der Waals surface area contributed by atoms with Crippen molar-refractivity contribution < 1.29 is 4.79 Å². The van der Waals surface area contributed by atoms with Crippen molar-refractivity contribution >= 4 is 40.4 Å². The first-order chi connectivity index (χ1) is 17.0. The molecule has 0 radical (unpaired) electrons. The van der Waals surface area contributed by atoms with Crippen molar-refractivity contribution in [3.63, 3.8) is 0 Å². The first-order valence-electron chi connectivity index (χ1n) is 12.6. The summed E-state index contributed by atoms with van der Waals surface area (Å²) in [6, 6.07) is 18.3. The molecule has 1 spiro atoms. The Morgan fingerprint density at radius 3 is 2.43 bits per heavy atom. The number of nitrogens with zero attached hydrogens (tertiary/aromatic N) is 2. The molecule has 2 saturated heterocycles. The number of rotatable bonds is 3. The van der Waals surface area contributed by atoms with E-state index in [2.05, 4.69) is 29.2 Å². The second-order valence-electron chi connectivity index (χ2n) is 10.1. The molecule has 2 aromatic carbocycles. The zero-order valence-electron chi connectivity index (χ0n) is 20.0. The van der Waals surface area contributed by atoms with Gasteiger partial charge in [-0.2, -0.15) is 11.3 Å². The monoisotopic (exact) mass is 526 g/mol. The first kappa shape index (κ1) is 24.8. The van der Waals surface area contributed by atoms with Crippen LogP contribution in [-0.4, -0.2) is 48.4 Å². The molecule has 1 aliphatic carbocycles. The van der Waals surface area contributed by atoms with Gasteiger partial charge in [0, 0.05) is 25.2 Å². The van der Waals surface area contributed by atoms with E-state index in [1.165, 1.54) is 38.8 Å². The maximum absolute atomic E-state index is 12.8. The van der Waals surface area contributed by atoms with Crippen LogP contribution < -0.4 is 0 Å². The molecule has 1 amide bonds. The SMILES string of the molecule is O=C(c1ccc(Cl)c(Cl)c1)N1CCC(CN2CCC3(CCc4ccccc43)CC2)C1.c1ccsc1. The Balaban J connectivity index is 0.000000453. The molecule has 3 heterocycles. The summed E-state index contributed by atoms with van der Waals surface area (Å²) in [5.41, 5.74) is 4.23. The largest absolute Gasteiger partial charge is 0.338 e. The van der Waals surface area contributed by atoms with Crippen molar-refractivity contribution in [3.05, 3.63) is 92.1 Å². The third-order valence-corrected chi connectivity index (χ3v) is 9.32. The highest BCUT2D eigenvalue weighted by atomic mass is 35.5. The lowest BCUT2D eigenvalue weighted by Crippen LogP contribution is -2.43. The van der Waals surface area contributed by atoms with E-state index in [1.54, 1.807) is 40.7 Å². The van der Waals surface area contributed by atoms with Gasteiger partial charge in [0.1, 0.15) is 0 Å². The summed E-state index contributed by atoms with van der Waals surface area (Å²) < 4.78 is 0. The Labute approximate surface area is 222 Å². The van der Waals surface area contributed by atoms with E-state index in [0.717, 1.165) is 26.1 Å². The lowest BCUT2D eigenvalue weighted by Gasteiger charge is -2.41. The molecule has 0 bridgehead atoms. The zero-order chi connectivity index (χ0) is 24.3. The van der Waals surface area contributed by atoms with Gasteiger partial charge < -0.3 is 9.80 Å². The van der Waals surface area contributed by atoms with Crippen molar-refractivity contribution in [3.8, 4) is 0 Å². The molecule has 6 heteroatoms. The van der Waals surface area contributed by atoms with E-state index >= 15 is 0 Å². The van der Waals surface area contributed by atoms with Crippen LogP contribution in [0.4, 0.5) is 0 Å². The van der Waals surface area contributed by atoms with Gasteiger partial charge in [0.05, 0.1) is 10.0 Å². The number of likely N-dealkylation sites (tertiary alicyclic amines) is 2. The molecule has 6 rings (SSSR count). The van der Waals surface area contributed by atoms with Crippen LogP contribution in [0, 0.1) is 5.92 Å². The summed E-state index contributed by atoms with van der Waals surface area (Å²) in [7, 11) is 0. The molecule has 35 heavy (non-hydrogen) atoms. The number of hydrogen-bond acceptors (Lipinski definition) is 3. The summed E-state index contributed by atoms with van der Waals surface area (Å²) in [6.45, 7) is 5.11. The number of benzene rings is 2. The minimum atomic E-state index is 0.0660.